The van der Waals surface area contributed by atoms with E-state index >= 15 is 0 Å². The average molecular weight is 360 g/mol. The lowest BCUT2D eigenvalue weighted by molar-refractivity contribution is -0.113. The van der Waals surface area contributed by atoms with Crippen LogP contribution in [0.4, 0.5) is 0 Å². The van der Waals surface area contributed by atoms with E-state index in [0.29, 0.717) is 21.9 Å². The molecule has 0 saturated heterocycles. The Labute approximate surface area is 137 Å². The van der Waals surface area contributed by atoms with Gasteiger partial charge in [-0.25, -0.2) is 0 Å². The first kappa shape index (κ1) is 17.1. The van der Waals surface area contributed by atoms with E-state index in [1.54, 1.807) is 24.3 Å². The first-order chi connectivity index (χ1) is 10.8. The van der Waals surface area contributed by atoms with Crippen molar-refractivity contribution in [2.45, 2.75) is 6.42 Å². The van der Waals surface area contributed by atoms with Crippen LogP contribution in [-0.4, -0.2) is 32.5 Å². The summed E-state index contributed by atoms with van der Waals surface area (Å²) in [7, 11) is -4.22. The highest BCUT2D eigenvalue weighted by Gasteiger charge is 2.23. The highest BCUT2D eigenvalue weighted by Crippen LogP contribution is 2.29. The van der Waals surface area contributed by atoms with Gasteiger partial charge < -0.3 is 16.2 Å². The summed E-state index contributed by atoms with van der Waals surface area (Å²) in [5.74, 6) is -1.53. The van der Waals surface area contributed by atoms with Crippen molar-refractivity contribution in [3.05, 3.63) is 34.4 Å². The summed E-state index contributed by atoms with van der Waals surface area (Å²) in [6.45, 7) is 0.222. The molecular formula is C13H14ClN3O5S. The normalized spacial score (nSPS) is 13.9. The minimum Gasteiger partial charge on any atom is -0.493 e. The number of carbonyl (C=O) groups is 1. The molecule has 0 unspecified atom stereocenters. The van der Waals surface area contributed by atoms with Crippen molar-refractivity contribution in [2.75, 3.05) is 12.4 Å². The van der Waals surface area contributed by atoms with Gasteiger partial charge in [0.1, 0.15) is 5.75 Å². The average Bonchev–Trinajstić information content (AvgIpc) is 2.66. The molecule has 1 heterocycles. The lowest BCUT2D eigenvalue weighted by atomic mass is 10.1. The molecule has 2 rings (SSSR count). The van der Waals surface area contributed by atoms with Gasteiger partial charge in [0.2, 0.25) is 5.96 Å². The minimum atomic E-state index is -4.22. The maximum atomic E-state index is 12.2. The minimum absolute atomic E-state index is 0.222. The number of guanidine groups is 1. The zero-order chi connectivity index (χ0) is 17.0. The van der Waals surface area contributed by atoms with Crippen LogP contribution in [0.25, 0.3) is 6.08 Å². The number of nitrogens with zero attached hydrogens (tertiary/aromatic N) is 1. The molecular weight excluding hydrogens is 346 g/mol. The van der Waals surface area contributed by atoms with Gasteiger partial charge in [-0.15, -0.1) is 0 Å². The summed E-state index contributed by atoms with van der Waals surface area (Å²) in [6.07, 6.45) is 1.82. The van der Waals surface area contributed by atoms with Gasteiger partial charge >= 0.3 is 10.1 Å². The van der Waals surface area contributed by atoms with Gasteiger partial charge in [0.05, 0.1) is 6.61 Å². The third kappa shape index (κ3) is 4.86. The SMILES string of the molecule is NC(N)=NOS(=O)(=O)CC(=O)C1=Cc2ccc(Cl)cc2OCC1. The third-order valence-electron chi connectivity index (χ3n) is 2.86. The smallest absolute Gasteiger partial charge is 0.336 e. The largest absolute Gasteiger partial charge is 0.493 e. The standard InChI is InChI=1S/C13H14ClN3O5S/c14-10-2-1-9-5-8(3-4-21-12(9)6-10)11(18)7-23(19,20)22-17-13(15)16/h1-2,5-6H,3-4,7H2,(H4,15,16,17). The monoisotopic (exact) mass is 359 g/mol. The van der Waals surface area contributed by atoms with Crippen molar-refractivity contribution in [1.82, 2.24) is 0 Å². The fourth-order valence-electron chi connectivity index (χ4n) is 1.88. The molecule has 1 aliphatic heterocycles. The Morgan fingerprint density at radius 1 is 1.39 bits per heavy atom. The van der Waals surface area contributed by atoms with E-state index in [2.05, 4.69) is 9.44 Å². The number of benzene rings is 1. The number of halogens is 1. The number of Topliss-reactive ketones (excluding diaryl/α,β-unsaturated/α-hetero) is 1. The zero-order valence-electron chi connectivity index (χ0n) is 11.9. The Bertz CT molecular complexity index is 785. The summed E-state index contributed by atoms with van der Waals surface area (Å²) in [6, 6.07) is 4.95. The summed E-state index contributed by atoms with van der Waals surface area (Å²) >= 11 is 5.88. The highest BCUT2D eigenvalue weighted by molar-refractivity contribution is 7.87. The molecule has 1 aromatic carbocycles. The van der Waals surface area contributed by atoms with Gasteiger partial charge in [-0.2, -0.15) is 8.42 Å². The number of ether oxygens (including phenoxy) is 1. The number of fused-ring (bicyclic) bond motifs is 1. The molecule has 23 heavy (non-hydrogen) atoms. The second-order valence-corrected chi connectivity index (χ2v) is 6.66. The van der Waals surface area contributed by atoms with Gasteiger partial charge in [-0.05, 0) is 29.4 Å². The Hall–Kier alpha value is -2.26. The quantitative estimate of drug-likeness (QED) is 0.446. The van der Waals surface area contributed by atoms with E-state index < -0.39 is 27.6 Å². The van der Waals surface area contributed by atoms with E-state index in [-0.39, 0.29) is 13.0 Å². The topological polar surface area (TPSA) is 134 Å². The number of nitrogens with two attached hydrogens (primary N) is 2. The predicted molar refractivity (Wildman–Crippen MR) is 85.2 cm³/mol. The predicted octanol–water partition coefficient (Wildman–Crippen LogP) is 0.610. The summed E-state index contributed by atoms with van der Waals surface area (Å²) in [5.41, 5.74) is 10.9. The van der Waals surface area contributed by atoms with Crippen LogP contribution >= 0.6 is 11.6 Å². The first-order valence-electron chi connectivity index (χ1n) is 6.43. The molecule has 10 heteroatoms. The molecule has 0 bridgehead atoms. The third-order valence-corrected chi connectivity index (χ3v) is 4.01. The van der Waals surface area contributed by atoms with Crippen LogP contribution in [0.15, 0.2) is 28.9 Å². The Kier molecular flexibility index (Phi) is 5.12. The molecule has 0 aliphatic carbocycles. The molecule has 0 aromatic heterocycles. The molecule has 0 amide bonds. The van der Waals surface area contributed by atoms with Crippen LogP contribution in [0.1, 0.15) is 12.0 Å². The number of hydrogen-bond donors (Lipinski definition) is 2. The fraction of sp³-hybridized carbons (Fsp3) is 0.231. The summed E-state index contributed by atoms with van der Waals surface area (Å²) in [5, 5.41) is 3.43. The highest BCUT2D eigenvalue weighted by atomic mass is 35.5. The Balaban J connectivity index is 2.19. The number of ketones is 1. The maximum Gasteiger partial charge on any atom is 0.336 e. The molecule has 0 saturated carbocycles. The van der Waals surface area contributed by atoms with Crippen LogP contribution in [0.2, 0.25) is 5.02 Å². The van der Waals surface area contributed by atoms with Crippen molar-refractivity contribution >= 4 is 39.5 Å². The molecule has 0 atom stereocenters. The van der Waals surface area contributed by atoms with Crippen molar-refractivity contribution in [1.29, 1.82) is 0 Å². The summed E-state index contributed by atoms with van der Waals surface area (Å²) in [4.78, 5) is 12.2. The van der Waals surface area contributed by atoms with Gasteiger partial charge in [0.25, 0.3) is 0 Å². The second kappa shape index (κ2) is 6.88. The van der Waals surface area contributed by atoms with Crippen molar-refractivity contribution in [3.8, 4) is 5.75 Å². The molecule has 1 aliphatic rings. The van der Waals surface area contributed by atoms with E-state index in [1.807, 2.05) is 0 Å². The van der Waals surface area contributed by atoms with E-state index in [1.165, 1.54) is 0 Å². The number of oxime groups is 1. The summed E-state index contributed by atoms with van der Waals surface area (Å²) < 4.78 is 32.9. The van der Waals surface area contributed by atoms with Crippen LogP contribution in [0.3, 0.4) is 0 Å². The van der Waals surface area contributed by atoms with Crippen molar-refractivity contribution in [3.63, 3.8) is 0 Å². The number of hydrogen-bond acceptors (Lipinski definition) is 6. The van der Waals surface area contributed by atoms with Crippen LogP contribution in [0.5, 0.6) is 5.75 Å². The first-order valence-corrected chi connectivity index (χ1v) is 8.39. The Morgan fingerprint density at radius 3 is 2.83 bits per heavy atom. The van der Waals surface area contributed by atoms with E-state index in [4.69, 9.17) is 27.8 Å². The number of rotatable bonds is 5. The van der Waals surface area contributed by atoms with Gasteiger partial charge in [0.15, 0.2) is 11.5 Å². The molecule has 4 N–H and O–H groups in total. The van der Waals surface area contributed by atoms with Crippen LogP contribution < -0.4 is 16.2 Å². The van der Waals surface area contributed by atoms with Gasteiger partial charge in [-0.1, -0.05) is 11.6 Å². The van der Waals surface area contributed by atoms with Gasteiger partial charge in [0, 0.05) is 22.6 Å². The molecule has 0 spiro atoms. The van der Waals surface area contributed by atoms with E-state index in [9.17, 15) is 13.2 Å². The van der Waals surface area contributed by atoms with Crippen molar-refractivity contribution in [2.24, 2.45) is 16.6 Å². The van der Waals surface area contributed by atoms with Crippen LogP contribution in [0, 0.1) is 0 Å². The molecule has 0 fully saturated rings. The lowest BCUT2D eigenvalue weighted by Crippen LogP contribution is -2.25. The second-order valence-electron chi connectivity index (χ2n) is 4.67. The lowest BCUT2D eigenvalue weighted by Gasteiger charge is -2.05. The fourth-order valence-corrected chi connectivity index (χ4v) is 2.80. The zero-order valence-corrected chi connectivity index (χ0v) is 13.4. The maximum absolute atomic E-state index is 12.2. The van der Waals surface area contributed by atoms with E-state index in [0.717, 1.165) is 0 Å². The van der Waals surface area contributed by atoms with Gasteiger partial charge in [-0.3, -0.25) is 9.08 Å². The molecule has 124 valence electrons. The number of carbonyl (C=O) groups excluding carboxylic acids is 1. The molecule has 8 nitrogen and oxygen atoms in total. The Morgan fingerprint density at radius 2 is 2.13 bits per heavy atom. The van der Waals surface area contributed by atoms with Crippen molar-refractivity contribution < 1.29 is 22.2 Å². The molecule has 1 aromatic rings. The van der Waals surface area contributed by atoms with Crippen LogP contribution in [-0.2, 0) is 19.2 Å². The molecule has 0 radical (unpaired) electrons.